The van der Waals surface area contributed by atoms with Crippen molar-refractivity contribution in [3.8, 4) is 0 Å². The number of aromatic nitrogens is 2. The number of H-pyrrole nitrogens is 1. The smallest absolute Gasteiger partial charge is 0.328 e. The maximum absolute atomic E-state index is 12.1. The molecule has 0 fully saturated rings. The average Bonchev–Trinajstić information content (AvgIpc) is 2.78. The molecule has 0 atom stereocenters. The molecule has 1 aromatic rings. The highest BCUT2D eigenvalue weighted by molar-refractivity contribution is 7.55. The number of hydrogen-bond donors (Lipinski definition) is 2. The van der Waals surface area contributed by atoms with E-state index in [1.165, 1.54) is 0 Å². The Morgan fingerprint density at radius 2 is 1.84 bits per heavy atom. The molecule has 1 heterocycles. The quantitative estimate of drug-likeness (QED) is 0.739. The molecule has 0 aliphatic carbocycles. The molecule has 0 aliphatic heterocycles. The van der Waals surface area contributed by atoms with Crippen LogP contribution < -0.4 is 5.09 Å². The van der Waals surface area contributed by atoms with Crippen molar-refractivity contribution < 1.29 is 23.2 Å². The maximum atomic E-state index is 12.1. The summed E-state index contributed by atoms with van der Waals surface area (Å²) in [5.74, 6) is 0.405. The van der Waals surface area contributed by atoms with Crippen molar-refractivity contribution in [2.45, 2.75) is 27.2 Å². The van der Waals surface area contributed by atoms with E-state index in [1.54, 1.807) is 20.0 Å². The van der Waals surface area contributed by atoms with Crippen molar-refractivity contribution >= 4 is 19.8 Å². The Labute approximate surface area is 111 Å². The third kappa shape index (κ3) is 6.88. The third-order valence-electron chi connectivity index (χ3n) is 1.85. The van der Waals surface area contributed by atoms with Crippen molar-refractivity contribution in [2.24, 2.45) is 0 Å². The van der Waals surface area contributed by atoms with E-state index in [1.807, 2.05) is 6.92 Å². The summed E-state index contributed by atoms with van der Waals surface area (Å²) >= 11 is 0. The Hall–Kier alpha value is -1.46. The Morgan fingerprint density at radius 1 is 1.32 bits per heavy atom. The second kappa shape index (κ2) is 9.47. The largest absolute Gasteiger partial charge is 0.435 e. The molecule has 0 saturated carbocycles. The fourth-order valence-corrected chi connectivity index (χ4v) is 2.42. The summed E-state index contributed by atoms with van der Waals surface area (Å²) in [6, 6.07) is 0. The van der Waals surface area contributed by atoms with E-state index in [0.29, 0.717) is 19.2 Å². The molecule has 0 aliphatic rings. The van der Waals surface area contributed by atoms with Crippen LogP contribution in [0.3, 0.4) is 0 Å². The first kappa shape index (κ1) is 17.5. The maximum Gasteiger partial charge on any atom is 0.435 e. The Bertz CT molecular complexity index is 432. The fraction of sp³-hybridized carbons (Fsp3) is 0.600. The van der Waals surface area contributed by atoms with Crippen molar-refractivity contribution in [3.05, 3.63) is 11.9 Å². The third-order valence-corrected chi connectivity index (χ3v) is 3.53. The number of carbonyl (C=O) groups excluding carboxylic acids is 2. The zero-order chi connectivity index (χ0) is 14.7. The van der Waals surface area contributed by atoms with Crippen LogP contribution in [0.1, 0.15) is 26.5 Å². The first-order chi connectivity index (χ1) is 9.05. The van der Waals surface area contributed by atoms with Crippen LogP contribution in [0.25, 0.3) is 0 Å². The van der Waals surface area contributed by atoms with E-state index >= 15 is 0 Å². The second-order valence-corrected chi connectivity index (χ2v) is 4.87. The molecule has 0 aromatic carbocycles. The number of anilines is 1. The van der Waals surface area contributed by atoms with Crippen LogP contribution in [-0.4, -0.2) is 29.3 Å². The average molecular weight is 291 g/mol. The van der Waals surface area contributed by atoms with E-state index in [4.69, 9.17) is 18.6 Å². The molecule has 8 nitrogen and oxygen atoms in total. The first-order valence-electron chi connectivity index (χ1n) is 5.75. The molecule has 2 N–H and O–H groups in total. The van der Waals surface area contributed by atoms with Crippen LogP contribution in [0.15, 0.2) is 6.20 Å². The van der Waals surface area contributed by atoms with Crippen LogP contribution >= 0.6 is 7.75 Å². The van der Waals surface area contributed by atoms with Crippen molar-refractivity contribution in [2.75, 3.05) is 18.3 Å². The minimum atomic E-state index is -3.28. The number of nitrogens with one attached hydrogen (secondary N) is 2. The van der Waals surface area contributed by atoms with Crippen molar-refractivity contribution in [1.29, 1.82) is 0 Å². The SMILES string of the molecule is CCOP(=O)(Nc1ncc(CC)[nH]1)OCC.O=C=O. The summed E-state index contributed by atoms with van der Waals surface area (Å²) in [5, 5.41) is 2.66. The summed E-state index contributed by atoms with van der Waals surface area (Å²) in [4.78, 5) is 23.3. The van der Waals surface area contributed by atoms with Gasteiger partial charge in [-0.2, -0.15) is 9.59 Å². The highest BCUT2D eigenvalue weighted by Gasteiger charge is 2.24. The molecular formula is C10H18N3O5P. The standard InChI is InChI=1S/C9H18N3O3P.CO2/c1-4-8-7-10-9(11-8)12-16(13,14-5-2)15-6-3;2-1-3/h7H,4-6H2,1-3H3,(H2,10,11,12,13);. The van der Waals surface area contributed by atoms with Gasteiger partial charge in [0.1, 0.15) is 0 Å². The lowest BCUT2D eigenvalue weighted by Crippen LogP contribution is -2.06. The monoisotopic (exact) mass is 291 g/mol. The predicted octanol–water partition coefficient (Wildman–Crippen LogP) is 1.98. The van der Waals surface area contributed by atoms with E-state index in [-0.39, 0.29) is 6.15 Å². The van der Waals surface area contributed by atoms with Gasteiger partial charge in [-0.15, -0.1) is 0 Å². The van der Waals surface area contributed by atoms with Gasteiger partial charge in [-0.1, -0.05) is 6.92 Å². The summed E-state index contributed by atoms with van der Waals surface area (Å²) < 4.78 is 22.2. The number of aryl methyl sites for hydroxylation is 1. The van der Waals surface area contributed by atoms with Gasteiger partial charge < -0.3 is 4.98 Å². The molecule has 9 heteroatoms. The molecule has 108 valence electrons. The molecule has 0 radical (unpaired) electrons. The lowest BCUT2D eigenvalue weighted by molar-refractivity contribution is -0.191. The minimum Gasteiger partial charge on any atom is -0.328 e. The highest BCUT2D eigenvalue weighted by Crippen LogP contribution is 2.46. The molecule has 0 spiro atoms. The molecule has 1 aromatic heterocycles. The van der Waals surface area contributed by atoms with Gasteiger partial charge in [-0.05, 0) is 20.3 Å². The van der Waals surface area contributed by atoms with Crippen LogP contribution in [-0.2, 0) is 29.6 Å². The van der Waals surface area contributed by atoms with Gasteiger partial charge in [0.15, 0.2) is 0 Å². The zero-order valence-corrected chi connectivity index (χ0v) is 12.0. The molecule has 19 heavy (non-hydrogen) atoms. The summed E-state index contributed by atoms with van der Waals surface area (Å²) in [5.41, 5.74) is 0.960. The number of nitrogens with zero attached hydrogens (tertiary/aromatic N) is 1. The Kier molecular flexibility index (Phi) is 8.74. The lowest BCUT2D eigenvalue weighted by atomic mass is 10.4. The van der Waals surface area contributed by atoms with Gasteiger partial charge in [-0.25, -0.2) is 9.55 Å². The molecule has 0 unspecified atom stereocenters. The van der Waals surface area contributed by atoms with Crippen LogP contribution in [0.4, 0.5) is 5.95 Å². The number of rotatable bonds is 7. The lowest BCUT2D eigenvalue weighted by Gasteiger charge is -2.16. The summed E-state index contributed by atoms with van der Waals surface area (Å²) in [6.45, 7) is 6.14. The van der Waals surface area contributed by atoms with Crippen LogP contribution in [0.2, 0.25) is 0 Å². The van der Waals surface area contributed by atoms with Gasteiger partial charge in [0, 0.05) is 5.69 Å². The van der Waals surface area contributed by atoms with Gasteiger partial charge in [0.25, 0.3) is 0 Å². The van der Waals surface area contributed by atoms with E-state index < -0.39 is 7.75 Å². The molecular weight excluding hydrogens is 273 g/mol. The van der Waals surface area contributed by atoms with Gasteiger partial charge >= 0.3 is 13.9 Å². The zero-order valence-electron chi connectivity index (χ0n) is 11.1. The fourth-order valence-electron chi connectivity index (χ4n) is 1.17. The van der Waals surface area contributed by atoms with Crippen LogP contribution in [0.5, 0.6) is 0 Å². The summed E-state index contributed by atoms with van der Waals surface area (Å²) in [7, 11) is -3.28. The number of imidazole rings is 1. The van der Waals surface area contributed by atoms with Crippen molar-refractivity contribution in [1.82, 2.24) is 9.97 Å². The van der Waals surface area contributed by atoms with Gasteiger partial charge in [0.2, 0.25) is 5.95 Å². The first-order valence-corrected chi connectivity index (χ1v) is 7.29. The van der Waals surface area contributed by atoms with E-state index in [2.05, 4.69) is 15.1 Å². The molecule has 0 saturated heterocycles. The topological polar surface area (TPSA) is 110 Å². The molecule has 0 amide bonds. The minimum absolute atomic E-state index is 0.250. The van der Waals surface area contributed by atoms with Crippen molar-refractivity contribution in [3.63, 3.8) is 0 Å². The Balaban J connectivity index is 0.000000982. The molecule has 0 bridgehead atoms. The van der Waals surface area contributed by atoms with Gasteiger partial charge in [-0.3, -0.25) is 14.1 Å². The molecule has 1 rings (SSSR count). The predicted molar refractivity (Wildman–Crippen MR) is 67.5 cm³/mol. The number of hydrogen-bond acceptors (Lipinski definition) is 6. The highest BCUT2D eigenvalue weighted by atomic mass is 31.2. The van der Waals surface area contributed by atoms with Gasteiger partial charge in [0.05, 0.1) is 19.4 Å². The second-order valence-electron chi connectivity index (χ2n) is 3.14. The van der Waals surface area contributed by atoms with Crippen LogP contribution in [0, 0.1) is 0 Å². The Morgan fingerprint density at radius 3 is 2.21 bits per heavy atom. The number of aromatic amines is 1. The van der Waals surface area contributed by atoms with E-state index in [0.717, 1.165) is 12.1 Å². The van der Waals surface area contributed by atoms with E-state index in [9.17, 15) is 4.57 Å². The summed E-state index contributed by atoms with van der Waals surface area (Å²) in [6.07, 6.45) is 2.77. The normalized spacial score (nSPS) is 10.3.